The topological polar surface area (TPSA) is 74.0 Å². The fourth-order valence-electron chi connectivity index (χ4n) is 2.91. The van der Waals surface area contributed by atoms with Crippen molar-refractivity contribution in [3.63, 3.8) is 0 Å². The highest BCUT2D eigenvalue weighted by atomic mass is 19.1. The number of halogens is 1. The molecule has 1 aromatic carbocycles. The summed E-state index contributed by atoms with van der Waals surface area (Å²) in [7, 11) is 0. The Morgan fingerprint density at radius 2 is 1.88 bits per heavy atom. The van der Waals surface area contributed by atoms with Gasteiger partial charge in [0, 0.05) is 50.9 Å². The predicted octanol–water partition coefficient (Wildman–Crippen LogP) is 1.32. The van der Waals surface area contributed by atoms with Gasteiger partial charge in [0.15, 0.2) is 5.96 Å². The first-order valence-corrected chi connectivity index (χ1v) is 8.96. The summed E-state index contributed by atoms with van der Waals surface area (Å²) in [6, 6.07) is 6.98. The molecule has 136 valence electrons. The maximum atomic E-state index is 13.0. The van der Waals surface area contributed by atoms with E-state index >= 15 is 0 Å². The highest BCUT2D eigenvalue weighted by molar-refractivity contribution is 5.78. The summed E-state index contributed by atoms with van der Waals surface area (Å²) in [6.45, 7) is 3.79. The Morgan fingerprint density at radius 1 is 1.20 bits per heavy atom. The van der Waals surface area contributed by atoms with Gasteiger partial charge in [-0.3, -0.25) is 9.79 Å². The van der Waals surface area contributed by atoms with Crippen LogP contribution in [0.25, 0.3) is 0 Å². The van der Waals surface area contributed by atoms with Gasteiger partial charge in [0.05, 0.1) is 0 Å². The summed E-state index contributed by atoms with van der Waals surface area (Å²) in [5.41, 5.74) is 7.09. The van der Waals surface area contributed by atoms with Crippen LogP contribution in [0.4, 0.5) is 10.1 Å². The average Bonchev–Trinajstić information content (AvgIpc) is 3.43. The number of anilines is 1. The zero-order valence-corrected chi connectivity index (χ0v) is 14.5. The molecule has 1 aromatic rings. The smallest absolute Gasteiger partial charge is 0.220 e. The molecule has 1 amide bonds. The molecule has 2 aliphatic rings. The molecule has 0 aromatic heterocycles. The van der Waals surface area contributed by atoms with Crippen LogP contribution in [0.3, 0.4) is 0 Å². The van der Waals surface area contributed by atoms with E-state index in [1.165, 1.54) is 12.1 Å². The van der Waals surface area contributed by atoms with Crippen molar-refractivity contribution in [2.24, 2.45) is 10.7 Å². The van der Waals surface area contributed by atoms with Crippen molar-refractivity contribution >= 4 is 17.6 Å². The third kappa shape index (κ3) is 5.34. The molecular formula is C18H26FN5O. The van der Waals surface area contributed by atoms with Crippen LogP contribution in [0, 0.1) is 5.82 Å². The van der Waals surface area contributed by atoms with Crippen molar-refractivity contribution in [1.82, 2.24) is 10.2 Å². The van der Waals surface area contributed by atoms with E-state index in [4.69, 9.17) is 5.73 Å². The number of hydrogen-bond donors (Lipinski definition) is 2. The van der Waals surface area contributed by atoms with Crippen molar-refractivity contribution in [2.45, 2.75) is 31.7 Å². The first-order valence-electron chi connectivity index (χ1n) is 8.96. The molecule has 3 N–H and O–H groups in total. The van der Waals surface area contributed by atoms with Crippen LogP contribution in [0.5, 0.6) is 0 Å². The van der Waals surface area contributed by atoms with Crippen molar-refractivity contribution in [1.29, 1.82) is 0 Å². The lowest BCUT2D eigenvalue weighted by Crippen LogP contribution is -2.51. The monoisotopic (exact) mass is 347 g/mol. The second kappa shape index (κ2) is 8.18. The minimum absolute atomic E-state index is 0.115. The molecule has 0 bridgehead atoms. The van der Waals surface area contributed by atoms with E-state index in [9.17, 15) is 9.18 Å². The summed E-state index contributed by atoms with van der Waals surface area (Å²) in [5, 5.41) is 2.97. The second-order valence-corrected chi connectivity index (χ2v) is 6.64. The van der Waals surface area contributed by atoms with Crippen LogP contribution in [-0.4, -0.2) is 55.5 Å². The van der Waals surface area contributed by atoms with Gasteiger partial charge in [-0.1, -0.05) is 0 Å². The fraction of sp³-hybridized carbons (Fsp3) is 0.556. The van der Waals surface area contributed by atoms with Crippen LogP contribution < -0.4 is 16.0 Å². The molecule has 0 spiro atoms. The van der Waals surface area contributed by atoms with E-state index in [-0.39, 0.29) is 11.7 Å². The molecule has 7 heteroatoms. The molecule has 1 saturated carbocycles. The van der Waals surface area contributed by atoms with Crippen LogP contribution in [0.1, 0.15) is 25.7 Å². The van der Waals surface area contributed by atoms with Crippen LogP contribution in [0.15, 0.2) is 29.3 Å². The van der Waals surface area contributed by atoms with Gasteiger partial charge in [-0.25, -0.2) is 4.39 Å². The van der Waals surface area contributed by atoms with Gasteiger partial charge >= 0.3 is 0 Å². The number of guanidine groups is 1. The van der Waals surface area contributed by atoms with Crippen LogP contribution in [0.2, 0.25) is 0 Å². The van der Waals surface area contributed by atoms with Crippen molar-refractivity contribution in [3.8, 4) is 0 Å². The summed E-state index contributed by atoms with van der Waals surface area (Å²) in [4.78, 5) is 20.3. The Balaban J connectivity index is 1.37. The highest BCUT2D eigenvalue weighted by Gasteiger charge is 2.22. The van der Waals surface area contributed by atoms with Gasteiger partial charge in [-0.15, -0.1) is 0 Å². The zero-order chi connectivity index (χ0) is 17.6. The quantitative estimate of drug-likeness (QED) is 0.462. The fourth-order valence-corrected chi connectivity index (χ4v) is 2.91. The molecule has 1 heterocycles. The third-order valence-corrected chi connectivity index (χ3v) is 4.57. The Morgan fingerprint density at radius 3 is 2.52 bits per heavy atom. The standard InChI is InChI=1S/C18H26FN5O/c19-14-3-7-16(8-4-14)23-10-12-24(13-11-23)18(20)21-9-1-2-17(25)22-15-5-6-15/h3-4,7-8,15H,1-2,5-6,9-13H2,(H2,20,21)(H,22,25). The molecule has 6 nitrogen and oxygen atoms in total. The molecule has 1 saturated heterocycles. The summed E-state index contributed by atoms with van der Waals surface area (Å²) in [6.07, 6.45) is 3.45. The molecule has 0 unspecified atom stereocenters. The number of amides is 1. The maximum absolute atomic E-state index is 13.0. The molecule has 3 rings (SSSR count). The minimum atomic E-state index is -0.218. The lowest BCUT2D eigenvalue weighted by molar-refractivity contribution is -0.121. The van der Waals surface area contributed by atoms with Crippen molar-refractivity contribution in [2.75, 3.05) is 37.6 Å². The maximum Gasteiger partial charge on any atom is 0.220 e. The van der Waals surface area contributed by atoms with Crippen molar-refractivity contribution in [3.05, 3.63) is 30.1 Å². The lowest BCUT2D eigenvalue weighted by atomic mass is 10.2. The molecule has 0 radical (unpaired) electrons. The Labute approximate surface area is 147 Å². The Hall–Kier alpha value is -2.31. The number of aliphatic imine (C=N–C) groups is 1. The average molecular weight is 347 g/mol. The number of piperazine rings is 1. The minimum Gasteiger partial charge on any atom is -0.370 e. The molecule has 0 atom stereocenters. The third-order valence-electron chi connectivity index (χ3n) is 4.57. The predicted molar refractivity (Wildman–Crippen MR) is 97.1 cm³/mol. The van der Waals surface area contributed by atoms with Gasteiger partial charge in [0.1, 0.15) is 5.82 Å². The summed E-state index contributed by atoms with van der Waals surface area (Å²) >= 11 is 0. The number of nitrogens with two attached hydrogens (primary N) is 1. The number of nitrogens with one attached hydrogen (secondary N) is 1. The first kappa shape index (κ1) is 17.5. The Bertz CT molecular complexity index is 606. The van der Waals surface area contributed by atoms with E-state index < -0.39 is 0 Å². The number of carbonyl (C=O) groups is 1. The number of hydrogen-bond acceptors (Lipinski definition) is 3. The normalized spacial score (nSPS) is 18.4. The van der Waals surface area contributed by atoms with Gasteiger partial charge in [0.2, 0.25) is 5.91 Å². The summed E-state index contributed by atoms with van der Waals surface area (Å²) in [5.74, 6) is 0.440. The van der Waals surface area contributed by atoms with Gasteiger partial charge in [-0.05, 0) is 43.5 Å². The summed E-state index contributed by atoms with van der Waals surface area (Å²) < 4.78 is 13.0. The van der Waals surface area contributed by atoms with Crippen LogP contribution >= 0.6 is 0 Å². The van der Waals surface area contributed by atoms with Crippen LogP contribution in [-0.2, 0) is 4.79 Å². The van der Waals surface area contributed by atoms with Gasteiger partial charge < -0.3 is 20.9 Å². The van der Waals surface area contributed by atoms with E-state index in [0.29, 0.717) is 25.0 Å². The van der Waals surface area contributed by atoms with Crippen molar-refractivity contribution < 1.29 is 9.18 Å². The highest BCUT2D eigenvalue weighted by Crippen LogP contribution is 2.19. The van der Waals surface area contributed by atoms with E-state index in [2.05, 4.69) is 20.1 Å². The van der Waals surface area contributed by atoms with Gasteiger partial charge in [0.25, 0.3) is 0 Å². The number of benzene rings is 1. The van der Waals surface area contributed by atoms with Gasteiger partial charge in [-0.2, -0.15) is 0 Å². The van der Waals surface area contributed by atoms with E-state index in [1.807, 2.05) is 0 Å². The number of nitrogens with zero attached hydrogens (tertiary/aromatic N) is 3. The SMILES string of the molecule is NC(=NCCCC(=O)NC1CC1)N1CCN(c2ccc(F)cc2)CC1. The molecule has 25 heavy (non-hydrogen) atoms. The number of rotatable bonds is 6. The second-order valence-electron chi connectivity index (χ2n) is 6.64. The van der Waals surface area contributed by atoms with E-state index in [1.54, 1.807) is 12.1 Å². The molecular weight excluding hydrogens is 321 g/mol. The number of carbonyl (C=O) groups excluding carboxylic acids is 1. The molecule has 1 aliphatic carbocycles. The molecule has 1 aliphatic heterocycles. The molecule has 2 fully saturated rings. The lowest BCUT2D eigenvalue weighted by Gasteiger charge is -2.36. The first-order chi connectivity index (χ1) is 12.1. The Kier molecular flexibility index (Phi) is 5.73. The zero-order valence-electron chi connectivity index (χ0n) is 14.5. The largest absolute Gasteiger partial charge is 0.370 e. The van der Waals surface area contributed by atoms with E-state index in [0.717, 1.165) is 51.1 Å².